The van der Waals surface area contributed by atoms with Crippen molar-refractivity contribution in [2.75, 3.05) is 18.4 Å². The first-order valence-electron chi connectivity index (χ1n) is 5.51. The fraction of sp³-hybridized carbons (Fsp3) is 0.231. The van der Waals surface area contributed by atoms with Crippen molar-refractivity contribution >= 4 is 33.6 Å². The predicted octanol–water partition coefficient (Wildman–Crippen LogP) is 2.63. The first-order valence-corrected chi connectivity index (χ1v) is 6.31. The number of amides is 2. The van der Waals surface area contributed by atoms with Gasteiger partial charge in [0, 0.05) is 11.0 Å². The summed E-state index contributed by atoms with van der Waals surface area (Å²) in [6.07, 6.45) is 5.16. The lowest BCUT2D eigenvalue weighted by Gasteiger charge is -2.19. The predicted molar refractivity (Wildman–Crippen MR) is 76.2 cm³/mol. The maximum absolute atomic E-state index is 11.9. The summed E-state index contributed by atoms with van der Waals surface area (Å²) in [6.45, 7) is 2.40. The second-order valence-corrected chi connectivity index (χ2v) is 4.56. The number of nitrogens with zero attached hydrogens (tertiary/aromatic N) is 1. The molecule has 6 heteroatoms. The van der Waals surface area contributed by atoms with Gasteiger partial charge in [0.1, 0.15) is 0 Å². The summed E-state index contributed by atoms with van der Waals surface area (Å²) < 4.78 is 0.624. The molecule has 5 nitrogen and oxygen atoms in total. The van der Waals surface area contributed by atoms with Crippen molar-refractivity contribution in [2.24, 2.45) is 0 Å². The molecule has 1 aromatic carbocycles. The second kappa shape index (κ2) is 6.81. The lowest BCUT2D eigenvalue weighted by Crippen LogP contribution is -2.35. The summed E-state index contributed by atoms with van der Waals surface area (Å²) in [5.41, 5.74) is 0.246. The number of nitrogens with one attached hydrogen (secondary N) is 1. The van der Waals surface area contributed by atoms with Gasteiger partial charge < -0.3 is 15.3 Å². The molecule has 0 aliphatic heterocycles. The van der Waals surface area contributed by atoms with Gasteiger partial charge in [0.05, 0.1) is 17.8 Å². The molecule has 0 spiro atoms. The largest absolute Gasteiger partial charge is 0.478 e. The maximum atomic E-state index is 11.9. The standard InChI is InChI=1S/C13H13BrN2O3/c1-3-7-16(4-2)13(19)15-11-6-5-9(14)8-10(11)12(17)18/h1,5-6,8H,4,7H2,2H3,(H,15,19)(H,17,18). The fourth-order valence-electron chi connectivity index (χ4n) is 1.43. The topological polar surface area (TPSA) is 69.6 Å². The van der Waals surface area contributed by atoms with Crippen molar-refractivity contribution < 1.29 is 14.7 Å². The normalized spacial score (nSPS) is 9.53. The Bertz CT molecular complexity index is 537. The third kappa shape index (κ3) is 4.00. The molecule has 0 unspecified atom stereocenters. The summed E-state index contributed by atoms with van der Waals surface area (Å²) >= 11 is 3.19. The number of hydrogen-bond donors (Lipinski definition) is 2. The number of carbonyl (C=O) groups is 2. The van der Waals surface area contributed by atoms with E-state index in [1.165, 1.54) is 17.0 Å². The number of carboxylic acid groups (broad SMARTS) is 1. The van der Waals surface area contributed by atoms with E-state index in [0.29, 0.717) is 11.0 Å². The van der Waals surface area contributed by atoms with E-state index in [1.54, 1.807) is 13.0 Å². The molecular formula is C13H13BrN2O3. The zero-order valence-corrected chi connectivity index (χ0v) is 11.9. The van der Waals surface area contributed by atoms with Crippen LogP contribution >= 0.6 is 15.9 Å². The number of carboxylic acids is 1. The number of aromatic carboxylic acids is 1. The Balaban J connectivity index is 2.96. The molecule has 19 heavy (non-hydrogen) atoms. The first-order chi connectivity index (χ1) is 8.99. The Morgan fingerprint density at radius 1 is 1.53 bits per heavy atom. The van der Waals surface area contributed by atoms with Gasteiger partial charge in [-0.2, -0.15) is 0 Å². The van der Waals surface area contributed by atoms with Crippen LogP contribution in [0.5, 0.6) is 0 Å². The minimum absolute atomic E-state index is 0.0134. The molecule has 100 valence electrons. The highest BCUT2D eigenvalue weighted by molar-refractivity contribution is 9.10. The van der Waals surface area contributed by atoms with E-state index < -0.39 is 12.0 Å². The molecule has 0 bridgehead atoms. The number of hydrogen-bond acceptors (Lipinski definition) is 2. The molecule has 0 aromatic heterocycles. The smallest absolute Gasteiger partial charge is 0.337 e. The minimum atomic E-state index is -1.11. The Kier molecular flexibility index (Phi) is 5.39. The molecule has 0 aliphatic carbocycles. The number of carbonyl (C=O) groups excluding carboxylic acids is 1. The van der Waals surface area contributed by atoms with Crippen LogP contribution in [0.25, 0.3) is 0 Å². The van der Waals surface area contributed by atoms with Crippen LogP contribution in [0, 0.1) is 12.3 Å². The highest BCUT2D eigenvalue weighted by atomic mass is 79.9. The van der Waals surface area contributed by atoms with E-state index in [4.69, 9.17) is 11.5 Å². The zero-order valence-electron chi connectivity index (χ0n) is 10.3. The van der Waals surface area contributed by atoms with E-state index in [9.17, 15) is 9.59 Å². The summed E-state index contributed by atoms with van der Waals surface area (Å²) in [4.78, 5) is 24.4. The summed E-state index contributed by atoms with van der Waals surface area (Å²) in [5.74, 6) is 1.26. The molecule has 0 aliphatic rings. The Hall–Kier alpha value is -2.00. The van der Waals surface area contributed by atoms with Gasteiger partial charge in [-0.05, 0) is 25.1 Å². The molecule has 0 saturated heterocycles. The number of urea groups is 1. The SMILES string of the molecule is C#CCN(CC)C(=O)Nc1ccc(Br)cc1C(=O)O. The van der Waals surface area contributed by atoms with Gasteiger partial charge in [0.2, 0.25) is 0 Å². The van der Waals surface area contributed by atoms with Crippen molar-refractivity contribution in [1.82, 2.24) is 4.90 Å². The van der Waals surface area contributed by atoms with Crippen LogP contribution < -0.4 is 5.32 Å². The highest BCUT2D eigenvalue weighted by Crippen LogP contribution is 2.21. The summed E-state index contributed by atoms with van der Waals surface area (Å²) in [5, 5.41) is 11.6. The fourth-order valence-corrected chi connectivity index (χ4v) is 1.80. The van der Waals surface area contributed by atoms with Crippen LogP contribution in [-0.4, -0.2) is 35.1 Å². The molecule has 1 rings (SSSR count). The molecule has 1 aromatic rings. The monoisotopic (exact) mass is 324 g/mol. The zero-order chi connectivity index (χ0) is 14.4. The van der Waals surface area contributed by atoms with Crippen molar-refractivity contribution in [3.8, 4) is 12.3 Å². The summed E-state index contributed by atoms with van der Waals surface area (Å²) in [6, 6.07) is 4.18. The van der Waals surface area contributed by atoms with Gasteiger partial charge >= 0.3 is 12.0 Å². The van der Waals surface area contributed by atoms with Crippen LogP contribution in [0.4, 0.5) is 10.5 Å². The van der Waals surface area contributed by atoms with Gasteiger partial charge in [0.15, 0.2) is 0 Å². The van der Waals surface area contributed by atoms with E-state index in [-0.39, 0.29) is 17.8 Å². The minimum Gasteiger partial charge on any atom is -0.478 e. The van der Waals surface area contributed by atoms with E-state index in [2.05, 4.69) is 27.2 Å². The molecule has 0 heterocycles. The van der Waals surface area contributed by atoms with Gasteiger partial charge in [-0.3, -0.25) is 0 Å². The third-order valence-electron chi connectivity index (χ3n) is 2.40. The average Bonchev–Trinajstić information content (AvgIpc) is 2.37. The van der Waals surface area contributed by atoms with Crippen LogP contribution in [0.2, 0.25) is 0 Å². The van der Waals surface area contributed by atoms with Gasteiger partial charge in [-0.25, -0.2) is 9.59 Å². The molecule has 0 radical (unpaired) electrons. The molecule has 0 fully saturated rings. The van der Waals surface area contributed by atoms with E-state index >= 15 is 0 Å². The van der Waals surface area contributed by atoms with Crippen molar-refractivity contribution in [3.05, 3.63) is 28.2 Å². The maximum Gasteiger partial charge on any atom is 0.337 e. The van der Waals surface area contributed by atoms with Crippen LogP contribution in [0.15, 0.2) is 22.7 Å². The van der Waals surface area contributed by atoms with Crippen LogP contribution in [0.3, 0.4) is 0 Å². The van der Waals surface area contributed by atoms with Crippen molar-refractivity contribution in [3.63, 3.8) is 0 Å². The molecule has 2 N–H and O–H groups in total. The number of terminal acetylenes is 1. The second-order valence-electron chi connectivity index (χ2n) is 3.64. The molecule has 0 atom stereocenters. The molecular weight excluding hydrogens is 312 g/mol. The highest BCUT2D eigenvalue weighted by Gasteiger charge is 2.15. The Morgan fingerprint density at radius 2 is 2.21 bits per heavy atom. The average molecular weight is 325 g/mol. The lowest BCUT2D eigenvalue weighted by molar-refractivity contribution is 0.0698. The van der Waals surface area contributed by atoms with Gasteiger partial charge in [0.25, 0.3) is 0 Å². The van der Waals surface area contributed by atoms with Gasteiger partial charge in [-0.15, -0.1) is 6.42 Å². The third-order valence-corrected chi connectivity index (χ3v) is 2.90. The van der Waals surface area contributed by atoms with Crippen molar-refractivity contribution in [1.29, 1.82) is 0 Å². The summed E-state index contributed by atoms with van der Waals surface area (Å²) in [7, 11) is 0. The number of anilines is 1. The molecule has 2 amide bonds. The number of rotatable bonds is 4. The van der Waals surface area contributed by atoms with Crippen LogP contribution in [0.1, 0.15) is 17.3 Å². The first kappa shape index (κ1) is 15.1. The Morgan fingerprint density at radius 3 is 2.74 bits per heavy atom. The Labute approximate surface area is 119 Å². The molecule has 0 saturated carbocycles. The van der Waals surface area contributed by atoms with Crippen LogP contribution in [-0.2, 0) is 0 Å². The number of benzene rings is 1. The van der Waals surface area contributed by atoms with E-state index in [1.807, 2.05) is 0 Å². The van der Waals surface area contributed by atoms with Gasteiger partial charge in [-0.1, -0.05) is 21.9 Å². The lowest BCUT2D eigenvalue weighted by atomic mass is 10.2. The number of halogens is 1. The quantitative estimate of drug-likeness (QED) is 0.836. The van der Waals surface area contributed by atoms with E-state index in [0.717, 1.165) is 0 Å². The van der Waals surface area contributed by atoms with Crippen molar-refractivity contribution in [2.45, 2.75) is 6.92 Å².